The Bertz CT molecular complexity index is 322. The van der Waals surface area contributed by atoms with Gasteiger partial charge in [-0.05, 0) is 31.9 Å². The molecule has 1 aromatic rings. The second-order valence-electron chi connectivity index (χ2n) is 4.16. The number of rotatable bonds is 4. The second-order valence-corrected chi connectivity index (χ2v) is 5.58. The van der Waals surface area contributed by atoms with Gasteiger partial charge >= 0.3 is 0 Å². The maximum atomic E-state index is 6.02. The molecule has 0 aromatic heterocycles. The van der Waals surface area contributed by atoms with Crippen LogP contribution in [0, 0.1) is 13.8 Å². The van der Waals surface area contributed by atoms with Crippen LogP contribution in [0.4, 0.5) is 0 Å². The third-order valence-electron chi connectivity index (χ3n) is 2.72. The summed E-state index contributed by atoms with van der Waals surface area (Å²) in [6.45, 7) is 8.64. The Hall–Kier alpha value is -0.470. The van der Waals surface area contributed by atoms with Gasteiger partial charge in [-0.2, -0.15) is 0 Å². The van der Waals surface area contributed by atoms with Crippen molar-refractivity contribution in [3.63, 3.8) is 0 Å². The topological polar surface area (TPSA) is 26.0 Å². The van der Waals surface area contributed by atoms with Crippen molar-refractivity contribution < 1.29 is 0 Å². The molecule has 2 heteroatoms. The summed E-state index contributed by atoms with van der Waals surface area (Å²) >= 11 is 1.89. The Morgan fingerprint density at radius 3 is 2.53 bits per heavy atom. The number of hydrogen-bond acceptors (Lipinski definition) is 2. The molecule has 1 aromatic carbocycles. The standard InChI is InChI=1S/C13H21NS/c1-5-12(14)11(4)15-13-7-6-9(2)8-10(13)3/h6-8,11-12H,5,14H2,1-4H3. The van der Waals surface area contributed by atoms with E-state index in [9.17, 15) is 0 Å². The molecule has 0 aliphatic carbocycles. The van der Waals surface area contributed by atoms with E-state index in [0.29, 0.717) is 5.25 Å². The molecule has 0 spiro atoms. The first-order valence-electron chi connectivity index (χ1n) is 5.54. The van der Waals surface area contributed by atoms with Crippen molar-refractivity contribution in [2.24, 2.45) is 5.73 Å². The average molecular weight is 223 g/mol. The molecule has 15 heavy (non-hydrogen) atoms. The van der Waals surface area contributed by atoms with Crippen LogP contribution in [0.15, 0.2) is 23.1 Å². The van der Waals surface area contributed by atoms with Crippen LogP contribution in [-0.4, -0.2) is 11.3 Å². The third-order valence-corrected chi connectivity index (χ3v) is 4.15. The first kappa shape index (κ1) is 12.6. The molecule has 1 rings (SSSR count). The molecule has 0 bridgehead atoms. The summed E-state index contributed by atoms with van der Waals surface area (Å²) in [6.07, 6.45) is 1.04. The minimum Gasteiger partial charge on any atom is -0.327 e. The summed E-state index contributed by atoms with van der Waals surface area (Å²) in [7, 11) is 0. The van der Waals surface area contributed by atoms with Crippen molar-refractivity contribution in [3.05, 3.63) is 29.3 Å². The number of thioether (sulfide) groups is 1. The van der Waals surface area contributed by atoms with E-state index in [-0.39, 0.29) is 6.04 Å². The van der Waals surface area contributed by atoms with Gasteiger partial charge in [0.2, 0.25) is 0 Å². The highest BCUT2D eigenvalue weighted by Crippen LogP contribution is 2.28. The molecular weight excluding hydrogens is 202 g/mol. The van der Waals surface area contributed by atoms with Crippen LogP contribution in [0.1, 0.15) is 31.4 Å². The van der Waals surface area contributed by atoms with Crippen LogP contribution >= 0.6 is 11.8 Å². The maximum absolute atomic E-state index is 6.02. The number of hydrogen-bond donors (Lipinski definition) is 1. The molecule has 0 fully saturated rings. The summed E-state index contributed by atoms with van der Waals surface area (Å²) in [5.74, 6) is 0. The molecule has 0 saturated carbocycles. The van der Waals surface area contributed by atoms with E-state index in [2.05, 4.69) is 45.9 Å². The Balaban J connectivity index is 2.72. The zero-order valence-electron chi connectivity index (χ0n) is 10.1. The second kappa shape index (κ2) is 5.57. The number of benzene rings is 1. The van der Waals surface area contributed by atoms with Crippen molar-refractivity contribution in [2.45, 2.75) is 50.3 Å². The summed E-state index contributed by atoms with van der Waals surface area (Å²) in [4.78, 5) is 1.36. The molecular formula is C13H21NS. The van der Waals surface area contributed by atoms with E-state index in [1.807, 2.05) is 11.8 Å². The summed E-state index contributed by atoms with van der Waals surface area (Å²) in [5.41, 5.74) is 8.70. The van der Waals surface area contributed by atoms with Gasteiger partial charge in [-0.3, -0.25) is 0 Å². The van der Waals surface area contributed by atoms with Gasteiger partial charge in [0.1, 0.15) is 0 Å². The lowest BCUT2D eigenvalue weighted by molar-refractivity contribution is 0.642. The van der Waals surface area contributed by atoms with E-state index in [1.165, 1.54) is 16.0 Å². The van der Waals surface area contributed by atoms with Gasteiger partial charge in [-0.15, -0.1) is 11.8 Å². The van der Waals surface area contributed by atoms with Crippen LogP contribution in [0.25, 0.3) is 0 Å². The van der Waals surface area contributed by atoms with Gasteiger partial charge in [0.25, 0.3) is 0 Å². The highest BCUT2D eigenvalue weighted by molar-refractivity contribution is 8.00. The molecule has 0 aliphatic rings. The van der Waals surface area contributed by atoms with Gasteiger partial charge in [0.05, 0.1) is 0 Å². The van der Waals surface area contributed by atoms with Gasteiger partial charge < -0.3 is 5.73 Å². The fourth-order valence-corrected chi connectivity index (χ4v) is 2.71. The highest BCUT2D eigenvalue weighted by atomic mass is 32.2. The quantitative estimate of drug-likeness (QED) is 0.790. The molecule has 0 amide bonds. The largest absolute Gasteiger partial charge is 0.327 e. The first-order chi connectivity index (χ1) is 7.04. The maximum Gasteiger partial charge on any atom is 0.0218 e. The lowest BCUT2D eigenvalue weighted by Gasteiger charge is -2.18. The van der Waals surface area contributed by atoms with Crippen molar-refractivity contribution in [1.82, 2.24) is 0 Å². The van der Waals surface area contributed by atoms with Gasteiger partial charge in [-0.1, -0.05) is 31.5 Å². The average Bonchev–Trinajstić information content (AvgIpc) is 2.20. The first-order valence-corrected chi connectivity index (χ1v) is 6.42. The fourth-order valence-electron chi connectivity index (χ4n) is 1.55. The predicted octanol–water partition coefficient (Wildman–Crippen LogP) is 3.52. The molecule has 84 valence electrons. The lowest BCUT2D eigenvalue weighted by atomic mass is 10.2. The minimum atomic E-state index is 0.288. The molecule has 0 saturated heterocycles. The van der Waals surface area contributed by atoms with Crippen LogP contribution in [0.2, 0.25) is 0 Å². The van der Waals surface area contributed by atoms with Crippen molar-refractivity contribution in [2.75, 3.05) is 0 Å². The van der Waals surface area contributed by atoms with Crippen molar-refractivity contribution >= 4 is 11.8 Å². The molecule has 1 nitrogen and oxygen atoms in total. The number of nitrogens with two attached hydrogens (primary N) is 1. The summed E-state index contributed by atoms with van der Waals surface area (Å²) in [5, 5.41) is 0.483. The van der Waals surface area contributed by atoms with Crippen molar-refractivity contribution in [3.8, 4) is 0 Å². The highest BCUT2D eigenvalue weighted by Gasteiger charge is 2.12. The lowest BCUT2D eigenvalue weighted by Crippen LogP contribution is -2.29. The van der Waals surface area contributed by atoms with E-state index < -0.39 is 0 Å². The Morgan fingerprint density at radius 1 is 1.33 bits per heavy atom. The Kier molecular flexibility index (Phi) is 4.68. The third kappa shape index (κ3) is 3.54. The summed E-state index contributed by atoms with van der Waals surface area (Å²) < 4.78 is 0. The molecule has 2 unspecified atom stereocenters. The van der Waals surface area contributed by atoms with Crippen LogP contribution in [0.3, 0.4) is 0 Å². The Morgan fingerprint density at radius 2 is 2.00 bits per heavy atom. The molecule has 2 atom stereocenters. The predicted molar refractivity (Wildman–Crippen MR) is 69.5 cm³/mol. The summed E-state index contributed by atoms with van der Waals surface area (Å²) in [6, 6.07) is 6.89. The molecule has 0 aliphatic heterocycles. The SMILES string of the molecule is CCC(N)C(C)Sc1ccc(C)cc1C. The normalized spacial score (nSPS) is 15.0. The minimum absolute atomic E-state index is 0.288. The van der Waals surface area contributed by atoms with E-state index in [1.54, 1.807) is 0 Å². The van der Waals surface area contributed by atoms with E-state index in [4.69, 9.17) is 5.73 Å². The molecule has 0 heterocycles. The number of aryl methyl sites for hydroxylation is 2. The zero-order valence-corrected chi connectivity index (χ0v) is 10.9. The van der Waals surface area contributed by atoms with Crippen LogP contribution in [0.5, 0.6) is 0 Å². The Labute approximate surface area is 97.4 Å². The monoisotopic (exact) mass is 223 g/mol. The van der Waals surface area contributed by atoms with Gasteiger partial charge in [0, 0.05) is 16.2 Å². The smallest absolute Gasteiger partial charge is 0.0218 e. The van der Waals surface area contributed by atoms with Gasteiger partial charge in [-0.25, -0.2) is 0 Å². The van der Waals surface area contributed by atoms with Crippen molar-refractivity contribution in [1.29, 1.82) is 0 Å². The fraction of sp³-hybridized carbons (Fsp3) is 0.538. The molecule has 2 N–H and O–H groups in total. The molecule has 0 radical (unpaired) electrons. The van der Waals surface area contributed by atoms with Gasteiger partial charge in [0.15, 0.2) is 0 Å². The zero-order chi connectivity index (χ0) is 11.4. The van der Waals surface area contributed by atoms with E-state index >= 15 is 0 Å². The van der Waals surface area contributed by atoms with Crippen LogP contribution < -0.4 is 5.73 Å². The van der Waals surface area contributed by atoms with E-state index in [0.717, 1.165) is 6.42 Å². The van der Waals surface area contributed by atoms with Crippen LogP contribution in [-0.2, 0) is 0 Å².